The van der Waals surface area contributed by atoms with Crippen molar-refractivity contribution < 1.29 is 0 Å². The smallest absolute Gasteiger partial charge is 0.0544 e. The summed E-state index contributed by atoms with van der Waals surface area (Å²) in [7, 11) is 0. The molecule has 0 N–H and O–H groups in total. The molecule has 0 saturated heterocycles. The number of para-hydroxylation sites is 3. The third kappa shape index (κ3) is 4.70. The molecule has 1 unspecified atom stereocenters. The molecule has 4 heterocycles. The van der Waals surface area contributed by atoms with Gasteiger partial charge in [-0.1, -0.05) is 115 Å². The van der Waals surface area contributed by atoms with Crippen molar-refractivity contribution in [1.29, 1.82) is 0 Å². The van der Waals surface area contributed by atoms with E-state index in [0.29, 0.717) is 0 Å². The standard InChI is InChI=1S/C54H34N2S2/c1-2-12-36(13-3-1)55-48-19-9-5-15-39(48)44-28-33(23-26-49(44)55)34-22-25-40-38-14-4-8-18-47(38)56(50(40)30-34)37-31-43(54-46(32-37)42-17-7-11-21-52(42)58-54)35-24-27-53-45(29-35)41-16-6-10-20-51(41)57-53/h1-30,32,43H,31H2. The molecule has 0 spiro atoms. The zero-order valence-corrected chi connectivity index (χ0v) is 33.0. The number of nitrogens with zero attached hydrogens (tertiary/aromatic N) is 2. The molecule has 1 atom stereocenters. The lowest BCUT2D eigenvalue weighted by molar-refractivity contribution is 0.827. The predicted molar refractivity (Wildman–Crippen MR) is 251 cm³/mol. The van der Waals surface area contributed by atoms with Gasteiger partial charge in [0, 0.05) is 74.0 Å². The van der Waals surface area contributed by atoms with E-state index in [-0.39, 0.29) is 5.92 Å². The van der Waals surface area contributed by atoms with Crippen molar-refractivity contribution >= 4 is 108 Å². The van der Waals surface area contributed by atoms with Crippen LogP contribution in [0.3, 0.4) is 0 Å². The monoisotopic (exact) mass is 774 g/mol. The van der Waals surface area contributed by atoms with Gasteiger partial charge in [-0.3, -0.25) is 0 Å². The second kappa shape index (κ2) is 12.4. The number of benzene rings is 8. The average Bonchev–Trinajstić information content (AvgIpc) is 4.03. The Morgan fingerprint density at radius 1 is 0.397 bits per heavy atom. The summed E-state index contributed by atoms with van der Waals surface area (Å²) in [5, 5.41) is 9.16. The molecule has 0 saturated carbocycles. The third-order valence-corrected chi connectivity index (χ3v) is 14.9. The van der Waals surface area contributed by atoms with Crippen molar-refractivity contribution in [2.24, 2.45) is 0 Å². The van der Waals surface area contributed by atoms with Gasteiger partial charge in [-0.15, -0.1) is 22.7 Å². The summed E-state index contributed by atoms with van der Waals surface area (Å²) in [6.45, 7) is 0. The molecule has 1 aliphatic rings. The molecule has 272 valence electrons. The Hall–Kier alpha value is -6.72. The minimum Gasteiger partial charge on any atom is -0.313 e. The van der Waals surface area contributed by atoms with Crippen LogP contribution in [0.4, 0.5) is 0 Å². The zero-order chi connectivity index (χ0) is 37.9. The molecule has 4 heteroatoms. The van der Waals surface area contributed by atoms with Crippen LogP contribution < -0.4 is 0 Å². The fourth-order valence-corrected chi connectivity index (χ4v) is 12.3. The zero-order valence-electron chi connectivity index (χ0n) is 31.4. The molecular weight excluding hydrogens is 741 g/mol. The van der Waals surface area contributed by atoms with Gasteiger partial charge in [0.25, 0.3) is 0 Å². The van der Waals surface area contributed by atoms with Crippen molar-refractivity contribution in [3.05, 3.63) is 198 Å². The molecule has 0 amide bonds. The summed E-state index contributed by atoms with van der Waals surface area (Å²) in [6.07, 6.45) is 3.42. The van der Waals surface area contributed by atoms with Crippen LogP contribution in [0.5, 0.6) is 0 Å². The maximum Gasteiger partial charge on any atom is 0.0544 e. The first-order valence-electron chi connectivity index (χ1n) is 20.0. The van der Waals surface area contributed by atoms with E-state index in [0.717, 1.165) is 6.42 Å². The average molecular weight is 775 g/mol. The first-order chi connectivity index (χ1) is 28.7. The SMILES string of the molecule is C1=C(n2c3ccccc3c3ccc(-c4ccc5c(c4)c4ccccc4n5-c4ccccc4)cc32)CC(c2ccc3sc4ccccc4c3c2)c2sc3ccccc3c21. The van der Waals surface area contributed by atoms with E-state index in [1.807, 2.05) is 22.7 Å². The normalized spacial score (nSPS) is 14.4. The molecule has 2 nitrogen and oxygen atoms in total. The van der Waals surface area contributed by atoms with E-state index in [1.165, 1.54) is 112 Å². The van der Waals surface area contributed by atoms with Gasteiger partial charge in [0.2, 0.25) is 0 Å². The Morgan fingerprint density at radius 3 is 1.83 bits per heavy atom. The number of allylic oxidation sites excluding steroid dienone is 1. The van der Waals surface area contributed by atoms with E-state index in [9.17, 15) is 0 Å². The first kappa shape index (κ1) is 32.4. The van der Waals surface area contributed by atoms with Crippen molar-refractivity contribution in [3.8, 4) is 16.8 Å². The van der Waals surface area contributed by atoms with Crippen molar-refractivity contribution in [1.82, 2.24) is 9.13 Å². The molecule has 0 aliphatic heterocycles. The lowest BCUT2D eigenvalue weighted by Gasteiger charge is -2.26. The van der Waals surface area contributed by atoms with Gasteiger partial charge in [-0.2, -0.15) is 0 Å². The summed E-state index contributed by atoms with van der Waals surface area (Å²) < 4.78 is 9.03. The van der Waals surface area contributed by atoms with Gasteiger partial charge in [0.1, 0.15) is 0 Å². The van der Waals surface area contributed by atoms with Gasteiger partial charge in [0.15, 0.2) is 0 Å². The van der Waals surface area contributed by atoms with Crippen LogP contribution in [-0.4, -0.2) is 9.13 Å². The third-order valence-electron chi connectivity index (χ3n) is 12.5. The highest BCUT2D eigenvalue weighted by atomic mass is 32.1. The molecular formula is C54H34N2S2. The number of hydrogen-bond acceptors (Lipinski definition) is 2. The fourth-order valence-electron chi connectivity index (χ4n) is 9.87. The van der Waals surface area contributed by atoms with E-state index in [2.05, 4.69) is 197 Å². The van der Waals surface area contributed by atoms with Crippen molar-refractivity contribution in [2.75, 3.05) is 0 Å². The van der Waals surface area contributed by atoms with Gasteiger partial charge in [-0.25, -0.2) is 0 Å². The lowest BCUT2D eigenvalue weighted by Crippen LogP contribution is -2.10. The minimum atomic E-state index is 0.235. The van der Waals surface area contributed by atoms with E-state index < -0.39 is 0 Å². The Balaban J connectivity index is 1.01. The van der Waals surface area contributed by atoms with E-state index in [1.54, 1.807) is 0 Å². The molecule has 0 radical (unpaired) electrons. The van der Waals surface area contributed by atoms with Crippen LogP contribution in [0.2, 0.25) is 0 Å². The summed E-state index contributed by atoms with van der Waals surface area (Å²) >= 11 is 3.86. The number of aromatic nitrogens is 2. The summed E-state index contributed by atoms with van der Waals surface area (Å²) in [4.78, 5) is 1.47. The van der Waals surface area contributed by atoms with Crippen molar-refractivity contribution in [3.63, 3.8) is 0 Å². The summed E-state index contributed by atoms with van der Waals surface area (Å²) in [5.41, 5.74) is 12.7. The summed E-state index contributed by atoms with van der Waals surface area (Å²) in [6, 6.07) is 67.7. The minimum absolute atomic E-state index is 0.235. The maximum atomic E-state index is 2.58. The van der Waals surface area contributed by atoms with Gasteiger partial charge in [-0.05, 0) is 101 Å². The molecule has 0 fully saturated rings. The van der Waals surface area contributed by atoms with Crippen LogP contribution in [-0.2, 0) is 0 Å². The molecule has 58 heavy (non-hydrogen) atoms. The molecule has 1 aliphatic carbocycles. The second-order valence-electron chi connectivity index (χ2n) is 15.6. The maximum absolute atomic E-state index is 2.58. The van der Waals surface area contributed by atoms with Crippen LogP contribution in [0.25, 0.3) is 102 Å². The topological polar surface area (TPSA) is 9.86 Å². The number of rotatable bonds is 4. The number of fused-ring (bicyclic) bond motifs is 12. The molecule has 4 aromatic heterocycles. The second-order valence-corrected chi connectivity index (χ2v) is 17.8. The van der Waals surface area contributed by atoms with Gasteiger partial charge < -0.3 is 9.13 Å². The highest BCUT2D eigenvalue weighted by Gasteiger charge is 2.29. The lowest BCUT2D eigenvalue weighted by atomic mass is 9.85. The first-order valence-corrected chi connectivity index (χ1v) is 21.6. The highest BCUT2D eigenvalue weighted by molar-refractivity contribution is 7.25. The van der Waals surface area contributed by atoms with Crippen LogP contribution in [0.15, 0.2) is 182 Å². The Bertz CT molecular complexity index is 3670. The number of hydrogen-bond donors (Lipinski definition) is 0. The molecule has 13 rings (SSSR count). The largest absolute Gasteiger partial charge is 0.313 e. The van der Waals surface area contributed by atoms with Crippen LogP contribution in [0.1, 0.15) is 28.3 Å². The van der Waals surface area contributed by atoms with Gasteiger partial charge in [0.05, 0.1) is 22.1 Å². The van der Waals surface area contributed by atoms with Crippen LogP contribution >= 0.6 is 22.7 Å². The van der Waals surface area contributed by atoms with Gasteiger partial charge >= 0.3 is 0 Å². The molecule has 0 bridgehead atoms. The fraction of sp³-hybridized carbons (Fsp3) is 0.0370. The molecule has 12 aromatic rings. The highest BCUT2D eigenvalue weighted by Crippen LogP contribution is 2.50. The van der Waals surface area contributed by atoms with E-state index >= 15 is 0 Å². The Kier molecular flexibility index (Phi) is 6.91. The Labute approximate surface area is 342 Å². The predicted octanol–water partition coefficient (Wildman–Crippen LogP) is 15.7. The Morgan fingerprint density at radius 2 is 1.00 bits per heavy atom. The van der Waals surface area contributed by atoms with E-state index in [4.69, 9.17) is 0 Å². The van der Waals surface area contributed by atoms with Crippen molar-refractivity contribution in [2.45, 2.75) is 12.3 Å². The quantitative estimate of drug-likeness (QED) is 0.169. The molecule has 8 aromatic carbocycles. The number of thiophene rings is 2. The van der Waals surface area contributed by atoms with Crippen LogP contribution in [0, 0.1) is 0 Å². The summed E-state index contributed by atoms with van der Waals surface area (Å²) in [5.74, 6) is 0.235.